The average molecular weight is 259 g/mol. The van der Waals surface area contributed by atoms with E-state index in [-0.39, 0.29) is 18.1 Å². The van der Waals surface area contributed by atoms with Crippen molar-refractivity contribution >= 4 is 11.6 Å². The molecule has 0 bridgehead atoms. The number of nitrogens with zero attached hydrogens (tertiary/aromatic N) is 2. The van der Waals surface area contributed by atoms with Crippen LogP contribution in [-0.2, 0) is 0 Å². The third-order valence-corrected chi connectivity index (χ3v) is 3.70. The summed E-state index contributed by atoms with van der Waals surface area (Å²) in [6.45, 7) is 0. The summed E-state index contributed by atoms with van der Waals surface area (Å²) in [6.07, 6.45) is 8.37. The Morgan fingerprint density at radius 1 is 1.32 bits per heavy atom. The Hall–Kier alpha value is -1.88. The van der Waals surface area contributed by atoms with E-state index in [0.29, 0.717) is 11.2 Å². The zero-order chi connectivity index (χ0) is 13.2. The summed E-state index contributed by atoms with van der Waals surface area (Å²) < 4.78 is 1.83. The van der Waals surface area contributed by atoms with Gasteiger partial charge in [0, 0.05) is 24.6 Å². The molecule has 1 saturated carbocycles. The lowest BCUT2D eigenvalue weighted by atomic mass is 9.93. The highest BCUT2D eigenvalue weighted by molar-refractivity contribution is 5.99. The molecule has 0 atom stereocenters. The molecule has 2 N–H and O–H groups in total. The molecule has 0 aromatic carbocycles. The van der Waals surface area contributed by atoms with E-state index < -0.39 is 0 Å². The average Bonchev–Trinajstić information content (AvgIpc) is 2.89. The molecule has 0 unspecified atom stereocenters. The van der Waals surface area contributed by atoms with Crippen LogP contribution in [0.4, 0.5) is 0 Å². The molecule has 1 aliphatic rings. The number of aliphatic hydroxyl groups is 1. The summed E-state index contributed by atoms with van der Waals surface area (Å²) in [5.74, 6) is -0.0850. The van der Waals surface area contributed by atoms with Crippen molar-refractivity contribution in [3.8, 4) is 0 Å². The lowest BCUT2D eigenvalue weighted by Crippen LogP contribution is -2.38. The van der Waals surface area contributed by atoms with E-state index in [9.17, 15) is 9.90 Å². The van der Waals surface area contributed by atoms with Gasteiger partial charge in [0.25, 0.3) is 5.91 Å². The highest BCUT2D eigenvalue weighted by Gasteiger charge is 2.22. The quantitative estimate of drug-likeness (QED) is 0.856. The number of nitrogens with one attached hydrogen (secondary N) is 1. The fourth-order valence-corrected chi connectivity index (χ4v) is 2.61. The molecule has 5 nitrogen and oxygen atoms in total. The number of hydrogen-bond donors (Lipinski definition) is 2. The van der Waals surface area contributed by atoms with Crippen LogP contribution < -0.4 is 5.32 Å². The molecular formula is C14H17N3O2. The number of hydrogen-bond acceptors (Lipinski definition) is 3. The van der Waals surface area contributed by atoms with E-state index in [1.807, 2.05) is 22.9 Å². The Morgan fingerprint density at radius 2 is 2.11 bits per heavy atom. The molecule has 5 heteroatoms. The normalized spacial score (nSPS) is 23.4. The van der Waals surface area contributed by atoms with Crippen LogP contribution in [-0.4, -0.2) is 32.5 Å². The number of rotatable bonds is 2. The molecule has 1 aliphatic carbocycles. The van der Waals surface area contributed by atoms with Crippen molar-refractivity contribution in [1.29, 1.82) is 0 Å². The molecule has 2 heterocycles. The van der Waals surface area contributed by atoms with E-state index in [1.54, 1.807) is 12.3 Å². The first-order valence-electron chi connectivity index (χ1n) is 6.64. The van der Waals surface area contributed by atoms with Gasteiger partial charge in [-0.15, -0.1) is 0 Å². The third kappa shape index (κ3) is 2.46. The SMILES string of the molecule is O=C(NC1CCC(O)CC1)c1cccn2ccnc12. The number of pyridine rings is 1. The van der Waals surface area contributed by atoms with Crippen LogP contribution in [0.2, 0.25) is 0 Å². The Bertz CT molecular complexity index is 585. The van der Waals surface area contributed by atoms with Crippen LogP contribution in [0.15, 0.2) is 30.7 Å². The van der Waals surface area contributed by atoms with Gasteiger partial charge < -0.3 is 14.8 Å². The molecule has 2 aromatic heterocycles. The Balaban J connectivity index is 1.75. The number of carbonyl (C=O) groups is 1. The predicted molar refractivity (Wildman–Crippen MR) is 70.9 cm³/mol. The lowest BCUT2D eigenvalue weighted by Gasteiger charge is -2.26. The van der Waals surface area contributed by atoms with E-state index in [2.05, 4.69) is 10.3 Å². The Labute approximate surface area is 111 Å². The minimum absolute atomic E-state index is 0.0850. The first-order chi connectivity index (χ1) is 9.24. The van der Waals surface area contributed by atoms with E-state index in [1.165, 1.54) is 0 Å². The molecule has 3 rings (SSSR count). The van der Waals surface area contributed by atoms with Gasteiger partial charge in [-0.05, 0) is 37.8 Å². The van der Waals surface area contributed by atoms with Crippen LogP contribution in [0.5, 0.6) is 0 Å². The highest BCUT2D eigenvalue weighted by Crippen LogP contribution is 2.19. The van der Waals surface area contributed by atoms with Crippen molar-refractivity contribution in [2.45, 2.75) is 37.8 Å². The summed E-state index contributed by atoms with van der Waals surface area (Å²) >= 11 is 0. The fraction of sp³-hybridized carbons (Fsp3) is 0.429. The van der Waals surface area contributed by atoms with Gasteiger partial charge >= 0.3 is 0 Å². The second-order valence-corrected chi connectivity index (χ2v) is 5.06. The Morgan fingerprint density at radius 3 is 2.89 bits per heavy atom. The summed E-state index contributed by atoms with van der Waals surface area (Å²) in [7, 11) is 0. The molecule has 0 saturated heterocycles. The van der Waals surface area contributed by atoms with Crippen LogP contribution in [0, 0.1) is 0 Å². The molecule has 0 aliphatic heterocycles. The van der Waals surface area contributed by atoms with Crippen molar-refractivity contribution in [1.82, 2.24) is 14.7 Å². The van der Waals surface area contributed by atoms with E-state index in [0.717, 1.165) is 25.7 Å². The van der Waals surface area contributed by atoms with Crippen LogP contribution >= 0.6 is 0 Å². The van der Waals surface area contributed by atoms with Crippen molar-refractivity contribution in [2.24, 2.45) is 0 Å². The molecule has 0 radical (unpaired) electrons. The largest absolute Gasteiger partial charge is 0.393 e. The monoisotopic (exact) mass is 259 g/mol. The van der Waals surface area contributed by atoms with Gasteiger partial charge in [-0.3, -0.25) is 4.79 Å². The van der Waals surface area contributed by atoms with Gasteiger partial charge in [-0.1, -0.05) is 0 Å². The zero-order valence-corrected chi connectivity index (χ0v) is 10.6. The van der Waals surface area contributed by atoms with Crippen molar-refractivity contribution in [2.75, 3.05) is 0 Å². The summed E-state index contributed by atoms with van der Waals surface area (Å²) in [4.78, 5) is 16.5. The number of carbonyl (C=O) groups excluding carboxylic acids is 1. The molecular weight excluding hydrogens is 242 g/mol. The fourth-order valence-electron chi connectivity index (χ4n) is 2.61. The molecule has 100 valence electrons. The molecule has 1 amide bonds. The van der Waals surface area contributed by atoms with Crippen molar-refractivity contribution in [3.05, 3.63) is 36.3 Å². The van der Waals surface area contributed by atoms with Gasteiger partial charge in [0.05, 0.1) is 11.7 Å². The zero-order valence-electron chi connectivity index (χ0n) is 10.6. The van der Waals surface area contributed by atoms with Crippen LogP contribution in [0.1, 0.15) is 36.0 Å². The minimum Gasteiger partial charge on any atom is -0.393 e. The number of imidazole rings is 1. The Kier molecular flexibility index (Phi) is 3.21. The highest BCUT2D eigenvalue weighted by atomic mass is 16.3. The van der Waals surface area contributed by atoms with Gasteiger partial charge in [0.1, 0.15) is 5.65 Å². The topological polar surface area (TPSA) is 66.6 Å². The van der Waals surface area contributed by atoms with Crippen molar-refractivity contribution in [3.63, 3.8) is 0 Å². The summed E-state index contributed by atoms with van der Waals surface area (Å²) in [5, 5.41) is 12.5. The maximum atomic E-state index is 12.3. The second kappa shape index (κ2) is 5.01. The number of amides is 1. The molecule has 0 spiro atoms. The van der Waals surface area contributed by atoms with Gasteiger partial charge in [-0.25, -0.2) is 4.98 Å². The van der Waals surface area contributed by atoms with Gasteiger partial charge in [-0.2, -0.15) is 0 Å². The van der Waals surface area contributed by atoms with Crippen LogP contribution in [0.3, 0.4) is 0 Å². The van der Waals surface area contributed by atoms with Crippen LogP contribution in [0.25, 0.3) is 5.65 Å². The number of aromatic nitrogens is 2. The molecule has 2 aromatic rings. The van der Waals surface area contributed by atoms with E-state index in [4.69, 9.17) is 0 Å². The summed E-state index contributed by atoms with van der Waals surface area (Å²) in [6, 6.07) is 3.79. The number of aliphatic hydroxyl groups excluding tert-OH is 1. The standard InChI is InChI=1S/C14H17N3O2/c18-11-5-3-10(4-6-11)16-14(19)12-2-1-8-17-9-7-15-13(12)17/h1-2,7-11,18H,3-6H2,(H,16,19). The first-order valence-corrected chi connectivity index (χ1v) is 6.64. The second-order valence-electron chi connectivity index (χ2n) is 5.06. The third-order valence-electron chi connectivity index (χ3n) is 3.70. The molecule has 19 heavy (non-hydrogen) atoms. The molecule has 1 fully saturated rings. The summed E-state index contributed by atoms with van der Waals surface area (Å²) in [5.41, 5.74) is 1.27. The van der Waals surface area contributed by atoms with Gasteiger partial charge in [0.2, 0.25) is 0 Å². The number of fused-ring (bicyclic) bond motifs is 1. The minimum atomic E-state index is -0.205. The predicted octanol–water partition coefficient (Wildman–Crippen LogP) is 1.37. The van der Waals surface area contributed by atoms with Crippen molar-refractivity contribution < 1.29 is 9.90 Å². The maximum absolute atomic E-state index is 12.3. The lowest BCUT2D eigenvalue weighted by molar-refractivity contribution is 0.0868. The van der Waals surface area contributed by atoms with Gasteiger partial charge in [0.15, 0.2) is 0 Å². The van der Waals surface area contributed by atoms with E-state index >= 15 is 0 Å². The maximum Gasteiger partial charge on any atom is 0.255 e. The smallest absolute Gasteiger partial charge is 0.255 e. The first kappa shape index (κ1) is 12.2.